The fraction of sp³-hybridized carbons (Fsp3) is 0.636. The van der Waals surface area contributed by atoms with Crippen LogP contribution in [0.25, 0.3) is 0 Å². The van der Waals surface area contributed by atoms with Crippen LogP contribution >= 0.6 is 23.7 Å². The number of ether oxygens (including phenoxy) is 1. The minimum atomic E-state index is -3.88. The quantitative estimate of drug-likeness (QED) is 0.700. The van der Waals surface area contributed by atoms with Crippen molar-refractivity contribution in [1.29, 1.82) is 0 Å². The molecule has 23 heavy (non-hydrogen) atoms. The van der Waals surface area contributed by atoms with Crippen molar-refractivity contribution in [3.05, 3.63) is 12.1 Å². The maximum absolute atomic E-state index is 12.5. The molecule has 2 rings (SSSR count). The third-order valence-electron chi connectivity index (χ3n) is 3.37. The maximum atomic E-state index is 12.5. The van der Waals surface area contributed by atoms with Crippen LogP contribution in [-0.2, 0) is 24.8 Å². The van der Waals surface area contributed by atoms with Gasteiger partial charge in [0, 0.05) is 39.8 Å². The molecule has 0 spiro atoms. The Hall–Kier alpha value is -0.270. The van der Waals surface area contributed by atoms with E-state index < -0.39 is 20.0 Å². The highest BCUT2D eigenvalue weighted by atomic mass is 35.5. The van der Waals surface area contributed by atoms with Crippen LogP contribution in [0.15, 0.2) is 20.6 Å². The monoisotopic (exact) mass is 405 g/mol. The number of hydrogen-bond donors (Lipinski definition) is 1. The minimum absolute atomic E-state index is 0. The van der Waals surface area contributed by atoms with Crippen LogP contribution in [0.5, 0.6) is 0 Å². The SMILES string of the molecule is COCCN1CCN(S(=O)(=O)c2ccc(S(N)(=O)=O)s2)CC1.Cl. The van der Waals surface area contributed by atoms with Crippen molar-refractivity contribution in [2.75, 3.05) is 46.4 Å². The third kappa shape index (κ3) is 5.10. The van der Waals surface area contributed by atoms with E-state index in [2.05, 4.69) is 4.90 Å². The van der Waals surface area contributed by atoms with Gasteiger partial charge in [-0.1, -0.05) is 0 Å². The van der Waals surface area contributed by atoms with Gasteiger partial charge in [0.15, 0.2) is 0 Å². The summed E-state index contributed by atoms with van der Waals surface area (Å²) < 4.78 is 53.7. The topological polar surface area (TPSA) is 110 Å². The van der Waals surface area contributed by atoms with Gasteiger partial charge in [0.2, 0.25) is 10.0 Å². The summed E-state index contributed by atoms with van der Waals surface area (Å²) >= 11 is 0.679. The molecule has 2 heterocycles. The van der Waals surface area contributed by atoms with E-state index in [1.54, 1.807) is 7.11 Å². The molecule has 0 unspecified atom stereocenters. The summed E-state index contributed by atoms with van der Waals surface area (Å²) in [5, 5.41) is 5.01. The Labute approximate surface area is 146 Å². The van der Waals surface area contributed by atoms with Gasteiger partial charge in [-0.3, -0.25) is 4.90 Å². The summed E-state index contributed by atoms with van der Waals surface area (Å²) in [6, 6.07) is 2.51. The Morgan fingerprint density at radius 2 is 1.70 bits per heavy atom. The van der Waals surface area contributed by atoms with Gasteiger partial charge in [0.05, 0.1) is 6.61 Å². The lowest BCUT2D eigenvalue weighted by Gasteiger charge is -2.33. The summed E-state index contributed by atoms with van der Waals surface area (Å²) in [5.41, 5.74) is 0. The first kappa shape index (κ1) is 20.8. The number of sulfonamides is 2. The highest BCUT2D eigenvalue weighted by molar-refractivity contribution is 7.93. The van der Waals surface area contributed by atoms with E-state index in [0.717, 1.165) is 6.54 Å². The molecule has 0 radical (unpaired) electrons. The maximum Gasteiger partial charge on any atom is 0.252 e. The molecule has 0 aromatic carbocycles. The van der Waals surface area contributed by atoms with Crippen molar-refractivity contribution in [3.8, 4) is 0 Å². The number of nitrogens with two attached hydrogens (primary N) is 1. The molecule has 1 saturated heterocycles. The number of nitrogens with zero attached hydrogens (tertiary/aromatic N) is 2. The molecule has 1 aliphatic rings. The van der Waals surface area contributed by atoms with Crippen LogP contribution in [0.1, 0.15) is 0 Å². The molecule has 0 aliphatic carbocycles. The predicted octanol–water partition coefficient (Wildman–Crippen LogP) is -0.230. The van der Waals surface area contributed by atoms with Gasteiger partial charge in [-0.15, -0.1) is 23.7 Å². The van der Waals surface area contributed by atoms with Crippen LogP contribution in [0.3, 0.4) is 0 Å². The molecule has 134 valence electrons. The van der Waals surface area contributed by atoms with Crippen LogP contribution < -0.4 is 5.14 Å². The number of hydrogen-bond acceptors (Lipinski definition) is 7. The van der Waals surface area contributed by atoms with Crippen molar-refractivity contribution in [2.24, 2.45) is 5.14 Å². The Bertz CT molecular complexity index is 711. The van der Waals surface area contributed by atoms with E-state index in [9.17, 15) is 16.8 Å². The summed E-state index contributed by atoms with van der Waals surface area (Å²) in [7, 11) is -5.92. The van der Waals surface area contributed by atoms with Crippen molar-refractivity contribution in [3.63, 3.8) is 0 Å². The van der Waals surface area contributed by atoms with E-state index in [0.29, 0.717) is 44.1 Å². The molecular formula is C11H20ClN3O5S3. The Morgan fingerprint density at radius 1 is 1.13 bits per heavy atom. The summed E-state index contributed by atoms with van der Waals surface area (Å²) in [6.07, 6.45) is 0. The number of methoxy groups -OCH3 is 1. The lowest BCUT2D eigenvalue weighted by molar-refractivity contribution is 0.123. The van der Waals surface area contributed by atoms with Crippen LogP contribution in [0.4, 0.5) is 0 Å². The third-order valence-corrected chi connectivity index (χ3v) is 8.26. The average molecular weight is 406 g/mol. The molecular weight excluding hydrogens is 386 g/mol. The Morgan fingerprint density at radius 3 is 2.17 bits per heavy atom. The lowest BCUT2D eigenvalue weighted by atomic mass is 10.4. The van der Waals surface area contributed by atoms with E-state index in [1.165, 1.54) is 16.4 Å². The normalized spacial score (nSPS) is 17.8. The lowest BCUT2D eigenvalue weighted by Crippen LogP contribution is -2.49. The highest BCUT2D eigenvalue weighted by Gasteiger charge is 2.30. The van der Waals surface area contributed by atoms with Gasteiger partial charge in [-0.2, -0.15) is 4.31 Å². The number of thiophene rings is 1. The average Bonchev–Trinajstić information content (AvgIpc) is 2.96. The summed E-state index contributed by atoms with van der Waals surface area (Å²) in [4.78, 5) is 2.12. The van der Waals surface area contributed by atoms with Gasteiger partial charge in [0.25, 0.3) is 10.0 Å². The molecule has 12 heteroatoms. The van der Waals surface area contributed by atoms with Gasteiger partial charge in [0.1, 0.15) is 8.42 Å². The number of piperazine rings is 1. The van der Waals surface area contributed by atoms with Crippen LogP contribution in [-0.4, -0.2) is 72.5 Å². The molecule has 1 aromatic heterocycles. The first-order valence-electron chi connectivity index (χ1n) is 6.59. The largest absolute Gasteiger partial charge is 0.383 e. The molecule has 2 N–H and O–H groups in total. The van der Waals surface area contributed by atoms with Gasteiger partial charge >= 0.3 is 0 Å². The standard InChI is InChI=1S/C11H19N3O5S3.ClH/c1-19-9-8-13-4-6-14(7-5-13)22(17,18)11-3-2-10(20-11)21(12,15)16;/h2-3H,4-9H2,1H3,(H2,12,15,16);1H. The molecule has 1 aromatic rings. The van der Waals surface area contributed by atoms with Crippen LogP contribution in [0, 0.1) is 0 Å². The number of halogens is 1. The fourth-order valence-corrected chi connectivity index (χ4v) is 5.90. The second kappa shape index (κ2) is 8.21. The predicted molar refractivity (Wildman–Crippen MR) is 90.0 cm³/mol. The molecule has 0 atom stereocenters. The second-order valence-electron chi connectivity index (χ2n) is 4.86. The summed E-state index contributed by atoms with van der Waals surface area (Å²) in [5.74, 6) is 0. The van der Waals surface area contributed by atoms with Crippen molar-refractivity contribution >= 4 is 43.8 Å². The molecule has 1 aliphatic heterocycles. The summed E-state index contributed by atoms with van der Waals surface area (Å²) in [6.45, 7) is 3.35. The minimum Gasteiger partial charge on any atom is -0.383 e. The first-order valence-corrected chi connectivity index (χ1v) is 10.4. The zero-order valence-corrected chi connectivity index (χ0v) is 15.8. The van der Waals surface area contributed by atoms with Crippen molar-refractivity contribution < 1.29 is 21.6 Å². The van der Waals surface area contributed by atoms with E-state index in [4.69, 9.17) is 9.88 Å². The molecule has 0 bridgehead atoms. The van der Waals surface area contributed by atoms with Gasteiger partial charge in [-0.25, -0.2) is 22.0 Å². The Balaban J connectivity index is 0.00000264. The van der Waals surface area contributed by atoms with E-state index >= 15 is 0 Å². The molecule has 1 fully saturated rings. The van der Waals surface area contributed by atoms with E-state index in [-0.39, 0.29) is 20.8 Å². The van der Waals surface area contributed by atoms with Gasteiger partial charge in [-0.05, 0) is 12.1 Å². The zero-order valence-electron chi connectivity index (χ0n) is 12.5. The van der Waals surface area contributed by atoms with E-state index in [1.807, 2.05) is 0 Å². The smallest absolute Gasteiger partial charge is 0.252 e. The van der Waals surface area contributed by atoms with Crippen LogP contribution in [0.2, 0.25) is 0 Å². The molecule has 0 saturated carbocycles. The van der Waals surface area contributed by atoms with Crippen molar-refractivity contribution in [2.45, 2.75) is 8.42 Å². The second-order valence-corrected chi connectivity index (χ2v) is 9.89. The number of primary sulfonamides is 1. The van der Waals surface area contributed by atoms with Crippen molar-refractivity contribution in [1.82, 2.24) is 9.21 Å². The Kier molecular flexibility index (Phi) is 7.41. The zero-order chi connectivity index (χ0) is 16.4. The molecule has 8 nitrogen and oxygen atoms in total. The number of rotatable bonds is 6. The van der Waals surface area contributed by atoms with Gasteiger partial charge < -0.3 is 4.74 Å². The first-order chi connectivity index (χ1) is 10.2. The highest BCUT2D eigenvalue weighted by Crippen LogP contribution is 2.27. The fourth-order valence-electron chi connectivity index (χ4n) is 2.14. The molecule has 0 amide bonds.